The first-order valence-electron chi connectivity index (χ1n) is 5.93. The van der Waals surface area contributed by atoms with Crippen molar-refractivity contribution in [3.05, 3.63) is 30.1 Å². The van der Waals surface area contributed by atoms with Gasteiger partial charge in [0.05, 0.1) is 12.1 Å². The maximum atomic E-state index is 13.6. The highest BCUT2D eigenvalue weighted by molar-refractivity contribution is 7.89. The monoisotopic (exact) mass is 288 g/mol. The average molecular weight is 288 g/mol. The fraction of sp³-hybridized carbons (Fsp3) is 0.500. The van der Waals surface area contributed by atoms with Crippen molar-refractivity contribution in [3.63, 3.8) is 0 Å². The van der Waals surface area contributed by atoms with Gasteiger partial charge in [-0.05, 0) is 26.2 Å². The van der Waals surface area contributed by atoms with Crippen molar-refractivity contribution in [2.45, 2.75) is 17.0 Å². The summed E-state index contributed by atoms with van der Waals surface area (Å²) in [4.78, 5) is 1.42. The summed E-state index contributed by atoms with van der Waals surface area (Å²) in [6, 6.07) is 4.99. The second-order valence-electron chi connectivity index (χ2n) is 4.85. The molecule has 0 radical (unpaired) electrons. The van der Waals surface area contributed by atoms with Gasteiger partial charge in [-0.2, -0.15) is 4.31 Å². The van der Waals surface area contributed by atoms with Crippen LogP contribution in [0.5, 0.6) is 0 Å². The summed E-state index contributed by atoms with van der Waals surface area (Å²) in [5.74, 6) is -0.773. The highest BCUT2D eigenvalue weighted by Gasteiger charge is 2.40. The largest absolute Gasteiger partial charge is 0.390 e. The van der Waals surface area contributed by atoms with E-state index in [2.05, 4.69) is 0 Å². The Labute approximate surface area is 112 Å². The Morgan fingerprint density at radius 1 is 1.32 bits per heavy atom. The van der Waals surface area contributed by atoms with Crippen LogP contribution in [0.25, 0.3) is 0 Å². The lowest BCUT2D eigenvalue weighted by molar-refractivity contribution is 0.113. The highest BCUT2D eigenvalue weighted by Crippen LogP contribution is 2.24. The molecule has 1 heterocycles. The van der Waals surface area contributed by atoms with E-state index in [1.165, 1.54) is 18.2 Å². The molecule has 5 nitrogen and oxygen atoms in total. The fourth-order valence-corrected chi connectivity index (χ4v) is 3.77. The van der Waals surface area contributed by atoms with Gasteiger partial charge in [0, 0.05) is 13.1 Å². The summed E-state index contributed by atoms with van der Waals surface area (Å²) in [5.41, 5.74) is 0. The van der Waals surface area contributed by atoms with Crippen molar-refractivity contribution < 1.29 is 17.9 Å². The zero-order valence-corrected chi connectivity index (χ0v) is 11.6. The topological polar surface area (TPSA) is 60.9 Å². The number of aliphatic hydroxyl groups excluding tert-OH is 1. The highest BCUT2D eigenvalue weighted by atomic mass is 32.2. The van der Waals surface area contributed by atoms with Crippen LogP contribution in [-0.2, 0) is 10.0 Å². The number of β-amino-alcohol motifs (C(OH)–C–C–N with tert-alkyl or cyclic N) is 1. The number of sulfonamides is 1. The first kappa shape index (κ1) is 14.4. The van der Waals surface area contributed by atoms with Crippen molar-refractivity contribution in [2.75, 3.05) is 27.2 Å². The minimum absolute atomic E-state index is 0.0144. The summed E-state index contributed by atoms with van der Waals surface area (Å²) in [5, 5.41) is 9.87. The molecular formula is C12H17FN2O3S. The number of rotatable bonds is 3. The summed E-state index contributed by atoms with van der Waals surface area (Å²) in [6.45, 7) is 0.143. The molecule has 0 unspecified atom stereocenters. The number of halogens is 1. The van der Waals surface area contributed by atoms with Crippen LogP contribution in [0.4, 0.5) is 4.39 Å². The number of hydrogen-bond acceptors (Lipinski definition) is 4. The minimum Gasteiger partial charge on any atom is -0.390 e. The van der Waals surface area contributed by atoms with E-state index < -0.39 is 21.9 Å². The van der Waals surface area contributed by atoms with Crippen LogP contribution in [0.2, 0.25) is 0 Å². The second-order valence-corrected chi connectivity index (χ2v) is 6.76. The average Bonchev–Trinajstić information content (AvgIpc) is 2.72. The molecule has 2 rings (SSSR count). The SMILES string of the molecule is CN(C)[C@@H]1CN(S(=O)(=O)c2ccccc2F)C[C@H]1O. The van der Waals surface area contributed by atoms with Crippen LogP contribution < -0.4 is 0 Å². The molecule has 1 aromatic carbocycles. The van der Waals surface area contributed by atoms with Crippen LogP contribution in [0, 0.1) is 5.82 Å². The van der Waals surface area contributed by atoms with E-state index in [-0.39, 0.29) is 24.0 Å². The zero-order valence-electron chi connectivity index (χ0n) is 10.8. The summed E-state index contributed by atoms with van der Waals surface area (Å²) in [6.07, 6.45) is -0.767. The molecule has 0 saturated carbocycles. The lowest BCUT2D eigenvalue weighted by Gasteiger charge is -2.21. The molecule has 0 amide bonds. The molecule has 0 spiro atoms. The molecule has 2 atom stereocenters. The lowest BCUT2D eigenvalue weighted by atomic mass is 10.2. The zero-order chi connectivity index (χ0) is 14.2. The Kier molecular flexibility index (Phi) is 3.91. The second kappa shape index (κ2) is 5.16. The van der Waals surface area contributed by atoms with E-state index in [0.717, 1.165) is 10.4 Å². The minimum atomic E-state index is -3.90. The van der Waals surface area contributed by atoms with Crippen molar-refractivity contribution in [3.8, 4) is 0 Å². The van der Waals surface area contributed by atoms with Crippen molar-refractivity contribution in [2.24, 2.45) is 0 Å². The standard InChI is InChI=1S/C12H17FN2O3S/c1-14(2)10-7-15(8-11(10)16)19(17,18)12-6-4-3-5-9(12)13/h3-6,10-11,16H,7-8H2,1-2H3/t10-,11-/m1/s1. The van der Waals surface area contributed by atoms with Gasteiger partial charge >= 0.3 is 0 Å². The molecule has 1 saturated heterocycles. The fourth-order valence-electron chi connectivity index (χ4n) is 2.23. The van der Waals surface area contributed by atoms with Crippen molar-refractivity contribution in [1.29, 1.82) is 0 Å². The van der Waals surface area contributed by atoms with Crippen LogP contribution in [0.15, 0.2) is 29.2 Å². The van der Waals surface area contributed by atoms with Gasteiger partial charge in [0.2, 0.25) is 10.0 Å². The molecular weight excluding hydrogens is 271 g/mol. The molecule has 1 aliphatic heterocycles. The number of likely N-dealkylation sites (N-methyl/N-ethyl adjacent to an activating group) is 1. The maximum Gasteiger partial charge on any atom is 0.246 e. The number of nitrogens with zero attached hydrogens (tertiary/aromatic N) is 2. The predicted octanol–water partition coefficient (Wildman–Crippen LogP) is 0.121. The molecule has 0 aromatic heterocycles. The Morgan fingerprint density at radius 3 is 2.47 bits per heavy atom. The van der Waals surface area contributed by atoms with E-state index in [4.69, 9.17) is 0 Å². The molecule has 19 heavy (non-hydrogen) atoms. The van der Waals surface area contributed by atoms with Gasteiger partial charge in [-0.1, -0.05) is 12.1 Å². The summed E-state index contributed by atoms with van der Waals surface area (Å²) < 4.78 is 39.4. The molecule has 7 heteroatoms. The first-order chi connectivity index (χ1) is 8.84. The van der Waals surface area contributed by atoms with Crippen LogP contribution in [-0.4, -0.2) is 62.1 Å². The van der Waals surface area contributed by atoms with Crippen molar-refractivity contribution in [1.82, 2.24) is 9.21 Å². The molecule has 1 N–H and O–H groups in total. The van der Waals surface area contributed by atoms with Gasteiger partial charge in [0.25, 0.3) is 0 Å². The number of hydrogen-bond donors (Lipinski definition) is 1. The van der Waals surface area contributed by atoms with E-state index in [0.29, 0.717) is 0 Å². The molecule has 0 bridgehead atoms. The maximum absolute atomic E-state index is 13.6. The molecule has 106 valence electrons. The van der Waals surface area contributed by atoms with E-state index in [1.54, 1.807) is 19.0 Å². The van der Waals surface area contributed by atoms with Gasteiger partial charge in [-0.15, -0.1) is 0 Å². The van der Waals surface area contributed by atoms with Gasteiger partial charge < -0.3 is 10.0 Å². The Balaban J connectivity index is 2.30. The Hall–Kier alpha value is -1.02. The van der Waals surface area contributed by atoms with Crippen LogP contribution in [0.1, 0.15) is 0 Å². The van der Waals surface area contributed by atoms with E-state index in [9.17, 15) is 17.9 Å². The van der Waals surface area contributed by atoms with Gasteiger partial charge in [0.15, 0.2) is 0 Å². The van der Waals surface area contributed by atoms with Gasteiger partial charge in [0.1, 0.15) is 10.7 Å². The Bertz CT molecular complexity index is 562. The normalized spacial score (nSPS) is 25.1. The van der Waals surface area contributed by atoms with Crippen LogP contribution >= 0.6 is 0 Å². The van der Waals surface area contributed by atoms with Gasteiger partial charge in [-0.25, -0.2) is 12.8 Å². The number of benzene rings is 1. The van der Waals surface area contributed by atoms with Crippen LogP contribution in [0.3, 0.4) is 0 Å². The smallest absolute Gasteiger partial charge is 0.246 e. The molecule has 0 aliphatic carbocycles. The van der Waals surface area contributed by atoms with E-state index >= 15 is 0 Å². The third-order valence-corrected chi connectivity index (χ3v) is 5.21. The Morgan fingerprint density at radius 2 is 1.95 bits per heavy atom. The third kappa shape index (κ3) is 2.64. The van der Waals surface area contributed by atoms with Gasteiger partial charge in [-0.3, -0.25) is 0 Å². The predicted molar refractivity (Wildman–Crippen MR) is 68.6 cm³/mol. The lowest BCUT2D eigenvalue weighted by Crippen LogP contribution is -2.38. The quantitative estimate of drug-likeness (QED) is 0.858. The number of aliphatic hydroxyl groups is 1. The van der Waals surface area contributed by atoms with Crippen molar-refractivity contribution >= 4 is 10.0 Å². The molecule has 1 aliphatic rings. The first-order valence-corrected chi connectivity index (χ1v) is 7.37. The summed E-state index contributed by atoms with van der Waals surface area (Å²) in [7, 11) is -0.355. The molecule has 1 fully saturated rings. The third-order valence-electron chi connectivity index (χ3n) is 3.34. The van der Waals surface area contributed by atoms with E-state index in [1.807, 2.05) is 0 Å². The summed E-state index contributed by atoms with van der Waals surface area (Å²) >= 11 is 0. The molecule has 1 aromatic rings.